The molecule has 3 nitrogen and oxygen atoms in total. The maximum absolute atomic E-state index is 13.4. The average molecular weight is 344 g/mol. The van der Waals surface area contributed by atoms with Crippen LogP contribution in [0.4, 0.5) is 22.0 Å². The Labute approximate surface area is 125 Å². The normalized spacial score (nSPS) is 12.0. The Morgan fingerprint density at radius 3 is 1.50 bits per heavy atom. The van der Waals surface area contributed by atoms with Gasteiger partial charge in [-0.3, -0.25) is 0 Å². The van der Waals surface area contributed by atoms with E-state index in [1.54, 1.807) is 0 Å². The average Bonchev–Trinajstić information content (AvgIpc) is 2.44. The zero-order chi connectivity index (χ0) is 16.9. The van der Waals surface area contributed by atoms with Gasteiger partial charge in [-0.05, 0) is 19.3 Å². The van der Waals surface area contributed by atoms with E-state index in [1.165, 1.54) is 0 Å². The summed E-state index contributed by atoms with van der Waals surface area (Å²) >= 11 is 0. The molecule has 0 spiro atoms. The highest BCUT2D eigenvalue weighted by Crippen LogP contribution is 2.24. The Hall–Kier alpha value is -1.03. The molecule has 0 aliphatic rings. The number of rotatable bonds is 8. The Kier molecular flexibility index (Phi) is 6.91. The van der Waals surface area contributed by atoms with Crippen LogP contribution in [0.3, 0.4) is 0 Å². The van der Waals surface area contributed by atoms with E-state index in [9.17, 15) is 22.0 Å². The fourth-order valence-electron chi connectivity index (χ4n) is 2.06. The molecule has 0 radical (unpaired) electrons. The molecule has 1 aromatic rings. The fourth-order valence-corrected chi connectivity index (χ4v) is 2.79. The van der Waals surface area contributed by atoms with E-state index in [0.29, 0.717) is 25.7 Å². The van der Waals surface area contributed by atoms with Crippen LogP contribution >= 0.6 is 0 Å². The molecule has 126 valence electrons. The van der Waals surface area contributed by atoms with Gasteiger partial charge in [-0.15, -0.1) is 0 Å². The standard InChI is InChI=1S/C13H17F5O3Si/c14-9-8(10(15)12(17)13(18)11(9)16)6-4-2-1-3-5-7-22(19,20)21/h19-21H,1-7H2. The van der Waals surface area contributed by atoms with Crippen LogP contribution in [0, 0.1) is 29.1 Å². The number of unbranched alkanes of at least 4 members (excludes halogenated alkanes) is 4. The maximum atomic E-state index is 13.4. The summed E-state index contributed by atoms with van der Waals surface area (Å²) in [4.78, 5) is 26.3. The zero-order valence-corrected chi connectivity index (χ0v) is 12.7. The van der Waals surface area contributed by atoms with E-state index < -0.39 is 43.5 Å². The minimum absolute atomic E-state index is 0.0926. The largest absolute Gasteiger partial charge is 0.492 e. The Morgan fingerprint density at radius 1 is 0.591 bits per heavy atom. The molecule has 0 aliphatic carbocycles. The molecule has 0 amide bonds. The molecule has 0 aliphatic heterocycles. The van der Waals surface area contributed by atoms with Crippen molar-refractivity contribution in [1.29, 1.82) is 0 Å². The van der Waals surface area contributed by atoms with Crippen LogP contribution in [-0.2, 0) is 6.42 Å². The van der Waals surface area contributed by atoms with Crippen LogP contribution < -0.4 is 0 Å². The van der Waals surface area contributed by atoms with Gasteiger partial charge >= 0.3 is 8.80 Å². The minimum atomic E-state index is -4.03. The zero-order valence-electron chi connectivity index (χ0n) is 11.7. The third kappa shape index (κ3) is 5.31. The lowest BCUT2D eigenvalue weighted by atomic mass is 10.0. The second-order valence-electron chi connectivity index (χ2n) is 5.09. The molecular weight excluding hydrogens is 327 g/mol. The smallest absolute Gasteiger partial charge is 0.390 e. The van der Waals surface area contributed by atoms with Crippen LogP contribution in [-0.4, -0.2) is 23.2 Å². The maximum Gasteiger partial charge on any atom is 0.492 e. The van der Waals surface area contributed by atoms with Gasteiger partial charge in [0.1, 0.15) is 0 Å². The van der Waals surface area contributed by atoms with Gasteiger partial charge in [0.15, 0.2) is 23.3 Å². The molecular formula is C13H17F5O3Si. The van der Waals surface area contributed by atoms with Gasteiger partial charge < -0.3 is 14.4 Å². The first-order valence-corrected chi connectivity index (χ1v) is 8.87. The van der Waals surface area contributed by atoms with Crippen molar-refractivity contribution in [1.82, 2.24) is 0 Å². The fraction of sp³-hybridized carbons (Fsp3) is 0.538. The summed E-state index contributed by atoms with van der Waals surface area (Å²) in [5.74, 6) is -9.64. The van der Waals surface area contributed by atoms with E-state index >= 15 is 0 Å². The van der Waals surface area contributed by atoms with Gasteiger partial charge in [0.25, 0.3) is 0 Å². The predicted octanol–water partition coefficient (Wildman–Crippen LogP) is 2.79. The lowest BCUT2D eigenvalue weighted by Gasteiger charge is -2.09. The number of halogens is 5. The molecule has 3 N–H and O–H groups in total. The SMILES string of the molecule is O[Si](O)(O)CCCCCCCc1c(F)c(F)c(F)c(F)c1F. The Balaban J connectivity index is 2.43. The molecule has 0 heterocycles. The molecule has 22 heavy (non-hydrogen) atoms. The van der Waals surface area contributed by atoms with E-state index in [0.717, 1.165) is 0 Å². The van der Waals surface area contributed by atoms with Crippen molar-refractivity contribution in [2.24, 2.45) is 0 Å². The summed E-state index contributed by atoms with van der Waals surface area (Å²) in [5, 5.41) is 0. The highest BCUT2D eigenvalue weighted by Gasteiger charge is 2.26. The summed E-state index contributed by atoms with van der Waals surface area (Å²) in [5.41, 5.74) is -0.816. The molecule has 9 heteroatoms. The first kappa shape index (κ1) is 19.0. The van der Waals surface area contributed by atoms with E-state index in [2.05, 4.69) is 0 Å². The molecule has 0 fully saturated rings. The highest BCUT2D eigenvalue weighted by atomic mass is 28.4. The Bertz CT molecular complexity index is 490. The van der Waals surface area contributed by atoms with Gasteiger partial charge in [-0.2, -0.15) is 0 Å². The topological polar surface area (TPSA) is 60.7 Å². The van der Waals surface area contributed by atoms with Gasteiger partial charge in [-0.1, -0.05) is 19.3 Å². The number of hydrogen-bond acceptors (Lipinski definition) is 3. The molecule has 1 rings (SSSR count). The second kappa shape index (κ2) is 8.00. The summed E-state index contributed by atoms with van der Waals surface area (Å²) in [6.07, 6.45) is 1.98. The monoisotopic (exact) mass is 344 g/mol. The predicted molar refractivity (Wildman–Crippen MR) is 70.2 cm³/mol. The van der Waals surface area contributed by atoms with Crippen LogP contribution in [0.1, 0.15) is 37.7 Å². The van der Waals surface area contributed by atoms with Crippen molar-refractivity contribution in [3.05, 3.63) is 34.6 Å². The van der Waals surface area contributed by atoms with E-state index in [-0.39, 0.29) is 18.9 Å². The summed E-state index contributed by atoms with van der Waals surface area (Å²) < 4.78 is 65.5. The van der Waals surface area contributed by atoms with Gasteiger partial charge in [0.05, 0.1) is 0 Å². The first-order chi connectivity index (χ1) is 10.1. The molecule has 0 atom stereocenters. The van der Waals surface area contributed by atoms with Gasteiger partial charge in [-0.25, -0.2) is 22.0 Å². The summed E-state index contributed by atoms with van der Waals surface area (Å²) in [6, 6.07) is -0.0926. The summed E-state index contributed by atoms with van der Waals surface area (Å²) in [7, 11) is -4.03. The van der Waals surface area contributed by atoms with Gasteiger partial charge in [0, 0.05) is 11.6 Å². The molecule has 0 aromatic heterocycles. The van der Waals surface area contributed by atoms with Crippen LogP contribution in [0.25, 0.3) is 0 Å². The van der Waals surface area contributed by atoms with Crippen molar-refractivity contribution in [3.63, 3.8) is 0 Å². The summed E-state index contributed by atoms with van der Waals surface area (Å²) in [6.45, 7) is 0. The lowest BCUT2D eigenvalue weighted by Crippen LogP contribution is -2.33. The van der Waals surface area contributed by atoms with Gasteiger partial charge in [0.2, 0.25) is 5.82 Å². The third-order valence-electron chi connectivity index (χ3n) is 3.24. The molecule has 0 unspecified atom stereocenters. The van der Waals surface area contributed by atoms with E-state index in [1.807, 2.05) is 0 Å². The lowest BCUT2D eigenvalue weighted by molar-refractivity contribution is 0.226. The molecule has 0 saturated heterocycles. The number of hydrogen-bond donors (Lipinski definition) is 3. The Morgan fingerprint density at radius 2 is 1.00 bits per heavy atom. The van der Waals surface area contributed by atoms with Crippen molar-refractivity contribution >= 4 is 8.80 Å². The van der Waals surface area contributed by atoms with Crippen LogP contribution in [0.2, 0.25) is 6.04 Å². The highest BCUT2D eigenvalue weighted by molar-refractivity contribution is 6.56. The minimum Gasteiger partial charge on any atom is -0.390 e. The molecule has 0 bridgehead atoms. The molecule has 0 saturated carbocycles. The van der Waals surface area contributed by atoms with E-state index in [4.69, 9.17) is 14.4 Å². The van der Waals surface area contributed by atoms with Crippen molar-refractivity contribution < 1.29 is 36.3 Å². The van der Waals surface area contributed by atoms with Crippen molar-refractivity contribution in [3.8, 4) is 0 Å². The quantitative estimate of drug-likeness (QED) is 0.223. The van der Waals surface area contributed by atoms with Crippen LogP contribution in [0.15, 0.2) is 0 Å². The van der Waals surface area contributed by atoms with Crippen molar-refractivity contribution in [2.75, 3.05) is 0 Å². The van der Waals surface area contributed by atoms with Crippen molar-refractivity contribution in [2.45, 2.75) is 44.6 Å². The molecule has 1 aromatic carbocycles. The third-order valence-corrected chi connectivity index (χ3v) is 4.26. The number of benzene rings is 1. The first-order valence-electron chi connectivity index (χ1n) is 6.82. The second-order valence-corrected chi connectivity index (χ2v) is 7.14. The van der Waals surface area contributed by atoms with Crippen LogP contribution in [0.5, 0.6) is 0 Å².